The van der Waals surface area contributed by atoms with E-state index in [4.69, 9.17) is 0 Å². The van der Waals surface area contributed by atoms with Gasteiger partial charge in [-0.1, -0.05) is 11.3 Å². The summed E-state index contributed by atoms with van der Waals surface area (Å²) >= 11 is 1.40. The topological polar surface area (TPSA) is 104 Å². The molecule has 0 spiro atoms. The van der Waals surface area contributed by atoms with Crippen LogP contribution in [0.5, 0.6) is 0 Å². The quantitative estimate of drug-likeness (QED) is 0.402. The first kappa shape index (κ1) is 21.7. The number of hydrogen-bond donors (Lipinski definition) is 3. The van der Waals surface area contributed by atoms with Gasteiger partial charge in [0.2, 0.25) is 5.95 Å². The summed E-state index contributed by atoms with van der Waals surface area (Å²) in [7, 11) is 0. The Morgan fingerprint density at radius 3 is 2.70 bits per heavy atom. The molecule has 4 aromatic heterocycles. The van der Waals surface area contributed by atoms with Crippen molar-refractivity contribution in [1.29, 1.82) is 0 Å². The minimum absolute atomic E-state index is 0.0494. The summed E-state index contributed by atoms with van der Waals surface area (Å²) in [5.41, 5.74) is 0.271. The van der Waals surface area contributed by atoms with Gasteiger partial charge in [-0.05, 0) is 38.8 Å². The highest BCUT2D eigenvalue weighted by molar-refractivity contribution is 7.14. The predicted molar refractivity (Wildman–Crippen MR) is 120 cm³/mol. The zero-order valence-electron chi connectivity index (χ0n) is 17.9. The summed E-state index contributed by atoms with van der Waals surface area (Å²) < 4.78 is 41.4. The summed E-state index contributed by atoms with van der Waals surface area (Å²) in [5.74, 6) is 0.169. The van der Waals surface area contributed by atoms with E-state index in [2.05, 4.69) is 47.7 Å². The van der Waals surface area contributed by atoms with E-state index in [1.165, 1.54) is 17.5 Å². The lowest BCUT2D eigenvalue weighted by Gasteiger charge is -2.28. The van der Waals surface area contributed by atoms with Crippen molar-refractivity contribution in [3.63, 3.8) is 0 Å². The molecule has 0 saturated carbocycles. The first-order valence-electron chi connectivity index (χ1n) is 10.5. The minimum atomic E-state index is -4.60. The van der Waals surface area contributed by atoms with Gasteiger partial charge < -0.3 is 15.6 Å². The van der Waals surface area contributed by atoms with Crippen molar-refractivity contribution in [2.75, 3.05) is 11.9 Å². The van der Waals surface area contributed by atoms with Gasteiger partial charge in [-0.25, -0.2) is 15.0 Å². The number of aromatic amines is 1. The molecule has 0 bridgehead atoms. The third-order valence-corrected chi connectivity index (χ3v) is 6.49. The van der Waals surface area contributed by atoms with Crippen molar-refractivity contribution in [2.45, 2.75) is 44.9 Å². The molecule has 4 aromatic rings. The van der Waals surface area contributed by atoms with Crippen LogP contribution in [0.4, 0.5) is 19.1 Å². The summed E-state index contributed by atoms with van der Waals surface area (Å²) in [6.07, 6.45) is -0.405. The van der Waals surface area contributed by atoms with Crippen LogP contribution in [0.3, 0.4) is 0 Å². The highest BCUT2D eigenvalue weighted by Gasteiger charge is 2.36. The Kier molecular flexibility index (Phi) is 5.49. The molecule has 8 nitrogen and oxygen atoms in total. The Bertz CT molecular complexity index is 1290. The van der Waals surface area contributed by atoms with Gasteiger partial charge in [0.1, 0.15) is 21.9 Å². The van der Waals surface area contributed by atoms with Crippen molar-refractivity contribution in [2.24, 2.45) is 0 Å². The van der Waals surface area contributed by atoms with E-state index in [1.54, 1.807) is 12.1 Å². The van der Waals surface area contributed by atoms with E-state index >= 15 is 0 Å². The number of halogens is 3. The SMILES string of the molecule is Cc1nnc(-c2ccc3c(-c4nc(N[C@H]5CC[C@H](C)NC5)ncc4C(F)(F)F)c[nH]c3n2)s1. The first-order valence-corrected chi connectivity index (χ1v) is 11.3. The number of anilines is 1. The summed E-state index contributed by atoms with van der Waals surface area (Å²) in [5, 5.41) is 16.6. The maximum absolute atomic E-state index is 13.8. The van der Waals surface area contributed by atoms with Gasteiger partial charge in [-0.3, -0.25) is 0 Å². The molecule has 0 aliphatic carbocycles. The second-order valence-corrected chi connectivity index (χ2v) is 9.28. The highest BCUT2D eigenvalue weighted by Crippen LogP contribution is 2.39. The Balaban J connectivity index is 1.53. The lowest BCUT2D eigenvalue weighted by molar-refractivity contribution is -0.137. The van der Waals surface area contributed by atoms with Gasteiger partial charge in [0.15, 0.2) is 5.01 Å². The third-order valence-electron chi connectivity index (χ3n) is 5.63. The van der Waals surface area contributed by atoms with Crippen LogP contribution in [0.2, 0.25) is 0 Å². The molecular weight excluding hydrogens is 453 g/mol. The number of H-pyrrole nitrogens is 1. The molecule has 1 fully saturated rings. The number of nitrogens with zero attached hydrogens (tertiary/aromatic N) is 5. The normalized spacial score (nSPS) is 19.2. The lowest BCUT2D eigenvalue weighted by atomic mass is 10.0. The van der Waals surface area contributed by atoms with Crippen LogP contribution < -0.4 is 10.6 Å². The Morgan fingerprint density at radius 1 is 1.15 bits per heavy atom. The Morgan fingerprint density at radius 2 is 2.00 bits per heavy atom. The number of piperidine rings is 1. The summed E-state index contributed by atoms with van der Waals surface area (Å²) in [4.78, 5) is 15.7. The van der Waals surface area contributed by atoms with Gasteiger partial charge >= 0.3 is 6.18 Å². The van der Waals surface area contributed by atoms with Gasteiger partial charge in [0, 0.05) is 42.0 Å². The molecule has 1 aliphatic rings. The van der Waals surface area contributed by atoms with E-state index < -0.39 is 11.7 Å². The van der Waals surface area contributed by atoms with Gasteiger partial charge in [0.05, 0.1) is 5.69 Å². The number of pyridine rings is 1. The van der Waals surface area contributed by atoms with E-state index in [-0.39, 0.29) is 17.7 Å². The minimum Gasteiger partial charge on any atom is -0.350 e. The summed E-state index contributed by atoms with van der Waals surface area (Å²) in [6.45, 7) is 4.65. The third kappa shape index (κ3) is 4.40. The molecule has 0 amide bonds. The molecule has 1 aliphatic heterocycles. The number of hydrogen-bond acceptors (Lipinski definition) is 8. The second kappa shape index (κ2) is 8.34. The lowest BCUT2D eigenvalue weighted by Crippen LogP contribution is -2.43. The van der Waals surface area contributed by atoms with Crippen LogP contribution in [-0.2, 0) is 6.18 Å². The van der Waals surface area contributed by atoms with Crippen molar-refractivity contribution in [3.05, 3.63) is 35.1 Å². The predicted octanol–water partition coefficient (Wildman–Crippen LogP) is 4.42. The van der Waals surface area contributed by atoms with Crippen LogP contribution in [0.1, 0.15) is 30.3 Å². The van der Waals surface area contributed by atoms with E-state index in [0.29, 0.717) is 39.9 Å². The number of alkyl halides is 3. The van der Waals surface area contributed by atoms with E-state index in [0.717, 1.165) is 24.0 Å². The average molecular weight is 475 g/mol. The maximum Gasteiger partial charge on any atom is 0.419 e. The van der Waals surface area contributed by atoms with Gasteiger partial charge in [-0.2, -0.15) is 13.2 Å². The fourth-order valence-corrected chi connectivity index (χ4v) is 4.55. The van der Waals surface area contributed by atoms with Crippen LogP contribution in [0, 0.1) is 6.92 Å². The van der Waals surface area contributed by atoms with Gasteiger partial charge in [-0.15, -0.1) is 10.2 Å². The van der Waals surface area contributed by atoms with Gasteiger partial charge in [0.25, 0.3) is 0 Å². The molecule has 12 heteroatoms. The molecule has 0 radical (unpaired) electrons. The second-order valence-electron chi connectivity index (χ2n) is 8.10. The molecule has 3 N–H and O–H groups in total. The molecule has 33 heavy (non-hydrogen) atoms. The molecule has 0 unspecified atom stereocenters. The molecule has 2 atom stereocenters. The monoisotopic (exact) mass is 474 g/mol. The van der Waals surface area contributed by atoms with Crippen molar-refractivity contribution < 1.29 is 13.2 Å². The molecule has 1 saturated heterocycles. The summed E-state index contributed by atoms with van der Waals surface area (Å²) in [6, 6.07) is 3.91. The van der Waals surface area contributed by atoms with Crippen LogP contribution in [0.15, 0.2) is 24.5 Å². The molecule has 5 rings (SSSR count). The fourth-order valence-electron chi connectivity index (χ4n) is 3.89. The zero-order valence-corrected chi connectivity index (χ0v) is 18.7. The zero-order chi connectivity index (χ0) is 23.2. The Labute approximate surface area is 191 Å². The number of fused-ring (bicyclic) bond motifs is 1. The van der Waals surface area contributed by atoms with Crippen LogP contribution in [-0.4, -0.2) is 48.8 Å². The highest BCUT2D eigenvalue weighted by atomic mass is 32.1. The number of aromatic nitrogens is 6. The molecule has 5 heterocycles. The average Bonchev–Trinajstić information content (AvgIpc) is 3.40. The van der Waals surface area contributed by atoms with E-state index in [9.17, 15) is 13.2 Å². The van der Waals surface area contributed by atoms with E-state index in [1.807, 2.05) is 6.92 Å². The van der Waals surface area contributed by atoms with Crippen LogP contribution in [0.25, 0.3) is 33.0 Å². The molecular formula is C21H21F3N8S. The largest absolute Gasteiger partial charge is 0.419 e. The van der Waals surface area contributed by atoms with Crippen molar-refractivity contribution in [3.8, 4) is 22.0 Å². The Hall–Kier alpha value is -3.12. The molecule has 0 aromatic carbocycles. The first-order chi connectivity index (χ1) is 15.8. The fraction of sp³-hybridized carbons (Fsp3) is 0.381. The van der Waals surface area contributed by atoms with Crippen molar-refractivity contribution >= 4 is 28.3 Å². The van der Waals surface area contributed by atoms with Crippen molar-refractivity contribution in [1.82, 2.24) is 35.5 Å². The number of nitrogens with one attached hydrogen (secondary N) is 3. The number of rotatable bonds is 4. The maximum atomic E-state index is 13.8. The number of aryl methyl sites for hydroxylation is 1. The molecule has 172 valence electrons. The standard InChI is InChI=1S/C21H21F3N8S/c1-10-3-4-12(7-25-10)28-20-27-9-15(21(22,23)24)17(30-20)14-8-26-18-13(14)5-6-16(29-18)19-32-31-11(2)33-19/h5-6,8-10,12,25H,3-4,7H2,1-2H3,(H,26,29)(H,27,28,30)/t10-,12-/m0/s1. The van der Waals surface area contributed by atoms with Crippen LogP contribution >= 0.6 is 11.3 Å². The smallest absolute Gasteiger partial charge is 0.350 e.